The van der Waals surface area contributed by atoms with Crippen LogP contribution in [0.15, 0.2) is 29.3 Å². The molecule has 0 unspecified atom stereocenters. The van der Waals surface area contributed by atoms with Crippen LogP contribution in [0.25, 0.3) is 22.4 Å². The first-order valence-electron chi connectivity index (χ1n) is 7.13. The van der Waals surface area contributed by atoms with Gasteiger partial charge in [-0.1, -0.05) is 0 Å². The van der Waals surface area contributed by atoms with Crippen LogP contribution in [-0.4, -0.2) is 24.7 Å². The molecule has 1 aliphatic carbocycles. The van der Waals surface area contributed by atoms with Crippen molar-refractivity contribution >= 4 is 11.0 Å². The van der Waals surface area contributed by atoms with Crippen LogP contribution >= 0.6 is 0 Å². The van der Waals surface area contributed by atoms with E-state index in [1.54, 1.807) is 12.4 Å². The zero-order valence-corrected chi connectivity index (χ0v) is 11.7. The molecule has 0 amide bonds. The molecule has 0 aliphatic heterocycles. The van der Waals surface area contributed by atoms with Gasteiger partial charge in [0.1, 0.15) is 11.2 Å². The van der Waals surface area contributed by atoms with Crippen molar-refractivity contribution in [3.63, 3.8) is 0 Å². The fourth-order valence-corrected chi connectivity index (χ4v) is 2.74. The smallest absolute Gasteiger partial charge is 0.262 e. The van der Waals surface area contributed by atoms with E-state index in [0.717, 1.165) is 24.1 Å². The van der Waals surface area contributed by atoms with Crippen molar-refractivity contribution in [1.29, 1.82) is 0 Å². The minimum atomic E-state index is -0.130. The molecule has 3 aromatic rings. The van der Waals surface area contributed by atoms with E-state index in [4.69, 9.17) is 0 Å². The Hall–Kier alpha value is -2.50. The second-order valence-electron chi connectivity index (χ2n) is 5.46. The number of aromatic nitrogens is 5. The molecule has 1 N–H and O–H groups in total. The molecule has 0 atom stereocenters. The molecule has 3 aromatic heterocycles. The maximum atomic E-state index is 12.4. The number of fused-ring (bicyclic) bond motifs is 1. The van der Waals surface area contributed by atoms with Crippen molar-refractivity contribution in [3.05, 3.63) is 40.6 Å². The highest BCUT2D eigenvalue weighted by molar-refractivity contribution is 5.79. The Labute approximate surface area is 120 Å². The largest absolute Gasteiger partial charge is 0.306 e. The number of pyridine rings is 1. The highest BCUT2D eigenvalue weighted by atomic mass is 16.1. The van der Waals surface area contributed by atoms with Crippen LogP contribution in [0, 0.1) is 6.92 Å². The maximum absolute atomic E-state index is 12.4. The van der Waals surface area contributed by atoms with E-state index in [9.17, 15) is 4.79 Å². The van der Waals surface area contributed by atoms with Crippen molar-refractivity contribution in [2.75, 3.05) is 0 Å². The zero-order chi connectivity index (χ0) is 14.4. The highest BCUT2D eigenvalue weighted by Crippen LogP contribution is 2.33. The van der Waals surface area contributed by atoms with E-state index in [1.165, 1.54) is 6.42 Å². The molecule has 0 radical (unpaired) electrons. The predicted molar refractivity (Wildman–Crippen MR) is 79.0 cm³/mol. The van der Waals surface area contributed by atoms with E-state index in [-0.39, 0.29) is 5.56 Å². The van der Waals surface area contributed by atoms with E-state index in [1.807, 2.05) is 23.7 Å². The second-order valence-corrected chi connectivity index (χ2v) is 5.46. The summed E-state index contributed by atoms with van der Waals surface area (Å²) in [5.74, 6) is 0.565. The molecule has 6 nitrogen and oxygen atoms in total. The monoisotopic (exact) mass is 281 g/mol. The quantitative estimate of drug-likeness (QED) is 0.781. The molecule has 6 heteroatoms. The number of nitrogens with zero attached hydrogens (tertiary/aromatic N) is 4. The van der Waals surface area contributed by atoms with Crippen LogP contribution in [0.2, 0.25) is 0 Å². The summed E-state index contributed by atoms with van der Waals surface area (Å²) in [6.07, 6.45) is 6.80. The minimum absolute atomic E-state index is 0.130. The number of aryl methyl sites for hydroxylation is 1. The summed E-state index contributed by atoms with van der Waals surface area (Å²) in [5, 5.41) is 5.13. The number of hydrogen-bond donors (Lipinski definition) is 1. The third-order valence-electron chi connectivity index (χ3n) is 4.11. The molecule has 106 valence electrons. The van der Waals surface area contributed by atoms with E-state index < -0.39 is 0 Å². The van der Waals surface area contributed by atoms with Crippen LogP contribution in [0.3, 0.4) is 0 Å². The van der Waals surface area contributed by atoms with Crippen LogP contribution in [-0.2, 0) is 0 Å². The van der Waals surface area contributed by atoms with Gasteiger partial charge in [0.25, 0.3) is 5.56 Å². The molecule has 0 bridgehead atoms. The summed E-state index contributed by atoms with van der Waals surface area (Å²) >= 11 is 0. The molecule has 4 rings (SSSR count). The second kappa shape index (κ2) is 4.51. The average Bonchev–Trinajstić information content (AvgIpc) is 2.75. The lowest BCUT2D eigenvalue weighted by atomic mass is 9.93. The van der Waals surface area contributed by atoms with Gasteiger partial charge in [0.2, 0.25) is 0 Å². The van der Waals surface area contributed by atoms with Gasteiger partial charge in [0.15, 0.2) is 5.65 Å². The number of rotatable bonds is 2. The summed E-state index contributed by atoms with van der Waals surface area (Å²) in [4.78, 5) is 23.9. The normalized spacial score (nSPS) is 15.3. The molecular weight excluding hydrogens is 266 g/mol. The van der Waals surface area contributed by atoms with Crippen molar-refractivity contribution in [1.82, 2.24) is 24.7 Å². The first kappa shape index (κ1) is 12.3. The van der Waals surface area contributed by atoms with Gasteiger partial charge < -0.3 is 4.98 Å². The summed E-state index contributed by atoms with van der Waals surface area (Å²) in [5.41, 5.74) is 2.15. The van der Waals surface area contributed by atoms with Gasteiger partial charge in [-0.15, -0.1) is 0 Å². The lowest BCUT2D eigenvalue weighted by molar-refractivity contribution is 0.295. The predicted octanol–water partition coefficient (Wildman–Crippen LogP) is 2.22. The van der Waals surface area contributed by atoms with Gasteiger partial charge in [-0.25, -0.2) is 9.67 Å². The third kappa shape index (κ3) is 1.86. The lowest BCUT2D eigenvalue weighted by Gasteiger charge is -2.25. The molecule has 1 saturated carbocycles. The molecule has 1 aliphatic rings. The van der Waals surface area contributed by atoms with E-state index in [0.29, 0.717) is 22.9 Å². The average molecular weight is 281 g/mol. The minimum Gasteiger partial charge on any atom is -0.306 e. The molecule has 0 spiro atoms. The van der Waals surface area contributed by atoms with Crippen molar-refractivity contribution < 1.29 is 0 Å². The van der Waals surface area contributed by atoms with Crippen LogP contribution < -0.4 is 5.56 Å². The Morgan fingerprint density at radius 3 is 2.71 bits per heavy atom. The first-order valence-corrected chi connectivity index (χ1v) is 7.13. The van der Waals surface area contributed by atoms with E-state index >= 15 is 0 Å². The number of aromatic amines is 1. The Bertz CT molecular complexity index is 861. The van der Waals surface area contributed by atoms with Gasteiger partial charge >= 0.3 is 0 Å². The first-order chi connectivity index (χ1) is 10.2. The molecule has 1 fully saturated rings. The van der Waals surface area contributed by atoms with Crippen molar-refractivity contribution in [2.24, 2.45) is 0 Å². The summed E-state index contributed by atoms with van der Waals surface area (Å²) in [6.45, 7) is 1.86. The van der Waals surface area contributed by atoms with Crippen molar-refractivity contribution in [3.8, 4) is 11.4 Å². The molecule has 0 aromatic carbocycles. The summed E-state index contributed by atoms with van der Waals surface area (Å²) < 4.78 is 1.92. The molecule has 21 heavy (non-hydrogen) atoms. The Kier molecular flexibility index (Phi) is 2.63. The number of hydrogen-bond acceptors (Lipinski definition) is 4. The van der Waals surface area contributed by atoms with Crippen LogP contribution in [0.4, 0.5) is 0 Å². The molecular formula is C15H15N5O. The van der Waals surface area contributed by atoms with Crippen LogP contribution in [0.1, 0.15) is 31.0 Å². The van der Waals surface area contributed by atoms with Crippen LogP contribution in [0.5, 0.6) is 0 Å². The van der Waals surface area contributed by atoms with Gasteiger partial charge in [0.05, 0.1) is 11.7 Å². The fourth-order valence-electron chi connectivity index (χ4n) is 2.74. The van der Waals surface area contributed by atoms with E-state index in [2.05, 4.69) is 20.1 Å². The summed E-state index contributed by atoms with van der Waals surface area (Å²) in [7, 11) is 0. The Morgan fingerprint density at radius 1 is 1.29 bits per heavy atom. The third-order valence-corrected chi connectivity index (χ3v) is 4.11. The molecule has 3 heterocycles. The Balaban J connectivity index is 1.97. The standard InChI is InChI=1S/C15H15N5O/c1-9-12-14(20(19-9)11-3-2-4-11)17-13(18-15(12)21)10-5-7-16-8-6-10/h5-8,11H,2-4H2,1H3,(H,17,18,21). The lowest BCUT2D eigenvalue weighted by Crippen LogP contribution is -2.19. The zero-order valence-electron chi connectivity index (χ0n) is 11.7. The topological polar surface area (TPSA) is 76.5 Å². The van der Waals surface area contributed by atoms with Gasteiger partial charge in [-0.05, 0) is 38.3 Å². The maximum Gasteiger partial charge on any atom is 0.262 e. The van der Waals surface area contributed by atoms with Gasteiger partial charge in [-0.2, -0.15) is 5.10 Å². The van der Waals surface area contributed by atoms with Crippen molar-refractivity contribution in [2.45, 2.75) is 32.2 Å². The fraction of sp³-hybridized carbons (Fsp3) is 0.333. The highest BCUT2D eigenvalue weighted by Gasteiger charge is 2.25. The van der Waals surface area contributed by atoms with Gasteiger partial charge in [-0.3, -0.25) is 9.78 Å². The number of nitrogens with one attached hydrogen (secondary N) is 1. The van der Waals surface area contributed by atoms with Gasteiger partial charge in [0, 0.05) is 18.0 Å². The summed E-state index contributed by atoms with van der Waals surface area (Å²) in [6, 6.07) is 4.04. The number of H-pyrrole nitrogens is 1. The molecule has 0 saturated heterocycles. The SMILES string of the molecule is Cc1nn(C2CCC2)c2nc(-c3ccncc3)[nH]c(=O)c12. The Morgan fingerprint density at radius 2 is 2.05 bits per heavy atom.